The minimum atomic E-state index is -0.262. The van der Waals surface area contributed by atoms with E-state index in [4.69, 9.17) is 9.15 Å². The van der Waals surface area contributed by atoms with E-state index in [0.717, 1.165) is 10.9 Å². The average Bonchev–Trinajstić information content (AvgIpc) is 3.05. The number of Topliss-reactive ketones (excluding diaryl/α,β-unsaturated/α-hetero) is 1. The average molecular weight is 342 g/mol. The summed E-state index contributed by atoms with van der Waals surface area (Å²) in [4.78, 5) is 11.9. The van der Waals surface area contributed by atoms with Crippen molar-refractivity contribution in [3.63, 3.8) is 0 Å². The predicted molar refractivity (Wildman–Crippen MR) is 92.8 cm³/mol. The van der Waals surface area contributed by atoms with Gasteiger partial charge in [0.05, 0.1) is 18.4 Å². The van der Waals surface area contributed by atoms with Crippen LogP contribution in [-0.4, -0.2) is 17.5 Å². The van der Waals surface area contributed by atoms with Gasteiger partial charge in [-0.2, -0.15) is 0 Å². The molecule has 0 aliphatic carbocycles. The lowest BCUT2D eigenvalue weighted by molar-refractivity contribution is 0.101. The van der Waals surface area contributed by atoms with Crippen molar-refractivity contribution in [2.75, 3.05) is 6.61 Å². The number of phenolic OH excluding ortho intramolecular Hbond substituents is 1. The number of halogens is 1. The number of aryl methyl sites for hydroxylation is 2. The molecule has 0 saturated heterocycles. The summed E-state index contributed by atoms with van der Waals surface area (Å²) in [6.45, 7) is 3.51. The molecule has 1 aromatic heterocycles. The summed E-state index contributed by atoms with van der Waals surface area (Å²) in [5, 5.41) is 11.2. The quantitative estimate of drug-likeness (QED) is 0.516. The zero-order valence-corrected chi connectivity index (χ0v) is 14.1. The molecule has 0 unspecified atom stereocenters. The molecule has 0 spiro atoms. The Kier molecular flexibility index (Phi) is 4.74. The normalized spacial score (nSPS) is 11.0. The van der Waals surface area contributed by atoms with Gasteiger partial charge in [-0.1, -0.05) is 12.1 Å². The largest absolute Gasteiger partial charge is 0.504 e. The Labute approximate surface area is 144 Å². The monoisotopic (exact) mass is 342 g/mol. The molecule has 3 aromatic rings. The number of carbonyl (C=O) groups excluding carboxylic acids is 1. The predicted octanol–water partition coefficient (Wildman–Crippen LogP) is 4.80. The van der Waals surface area contributed by atoms with Gasteiger partial charge in [0.15, 0.2) is 17.1 Å². The van der Waals surface area contributed by atoms with Crippen LogP contribution in [0.25, 0.3) is 11.0 Å². The van der Waals surface area contributed by atoms with E-state index in [0.29, 0.717) is 30.6 Å². The molecule has 0 radical (unpaired) electrons. The van der Waals surface area contributed by atoms with Crippen LogP contribution in [0.4, 0.5) is 4.39 Å². The van der Waals surface area contributed by atoms with E-state index < -0.39 is 0 Å². The molecule has 5 heteroatoms. The fraction of sp³-hybridized carbons (Fsp3) is 0.250. The molecule has 3 rings (SSSR count). The summed E-state index contributed by atoms with van der Waals surface area (Å²) in [6, 6.07) is 8.07. The fourth-order valence-electron chi connectivity index (χ4n) is 2.98. The van der Waals surface area contributed by atoms with Crippen LogP contribution >= 0.6 is 0 Å². The molecule has 0 aliphatic heterocycles. The van der Waals surface area contributed by atoms with Crippen molar-refractivity contribution in [1.82, 2.24) is 0 Å². The van der Waals surface area contributed by atoms with E-state index in [9.17, 15) is 14.3 Å². The van der Waals surface area contributed by atoms with Crippen molar-refractivity contribution in [1.29, 1.82) is 0 Å². The Morgan fingerprint density at radius 2 is 1.96 bits per heavy atom. The zero-order chi connectivity index (χ0) is 18.0. The molecule has 130 valence electrons. The molecule has 1 N–H and O–H groups in total. The third-order valence-corrected chi connectivity index (χ3v) is 4.22. The smallest absolute Gasteiger partial charge is 0.205 e. The number of phenols is 1. The van der Waals surface area contributed by atoms with Crippen molar-refractivity contribution in [2.24, 2.45) is 0 Å². The first-order valence-corrected chi connectivity index (χ1v) is 8.10. The number of rotatable bonds is 6. The number of benzene rings is 2. The molecule has 0 atom stereocenters. The van der Waals surface area contributed by atoms with Gasteiger partial charge in [0, 0.05) is 5.39 Å². The minimum absolute atomic E-state index is 0.186. The van der Waals surface area contributed by atoms with Gasteiger partial charge in [-0.05, 0) is 56.0 Å². The summed E-state index contributed by atoms with van der Waals surface area (Å²) in [5.41, 5.74) is 2.36. The van der Waals surface area contributed by atoms with Crippen molar-refractivity contribution in [3.05, 3.63) is 59.1 Å². The second kappa shape index (κ2) is 6.97. The van der Waals surface area contributed by atoms with Gasteiger partial charge in [-0.25, -0.2) is 4.39 Å². The highest BCUT2D eigenvalue weighted by Crippen LogP contribution is 2.41. The zero-order valence-electron chi connectivity index (χ0n) is 14.1. The van der Waals surface area contributed by atoms with Crippen LogP contribution in [0.3, 0.4) is 0 Å². The van der Waals surface area contributed by atoms with E-state index >= 15 is 0 Å². The molecule has 0 fully saturated rings. The molecule has 0 aliphatic rings. The second-order valence-corrected chi connectivity index (χ2v) is 5.98. The van der Waals surface area contributed by atoms with E-state index in [1.165, 1.54) is 25.3 Å². The maximum Gasteiger partial charge on any atom is 0.205 e. The summed E-state index contributed by atoms with van der Waals surface area (Å²) >= 11 is 0. The van der Waals surface area contributed by atoms with Crippen LogP contribution < -0.4 is 4.74 Å². The fourth-order valence-corrected chi connectivity index (χ4v) is 2.98. The van der Waals surface area contributed by atoms with Crippen molar-refractivity contribution in [3.8, 4) is 11.5 Å². The minimum Gasteiger partial charge on any atom is -0.504 e. The van der Waals surface area contributed by atoms with E-state index in [-0.39, 0.29) is 28.7 Å². The van der Waals surface area contributed by atoms with Crippen molar-refractivity contribution in [2.45, 2.75) is 26.7 Å². The van der Waals surface area contributed by atoms with Gasteiger partial charge in [0.2, 0.25) is 5.75 Å². The molecular weight excluding hydrogens is 323 g/mol. The Balaban J connectivity index is 1.78. The molecule has 1 heterocycles. The number of carbonyl (C=O) groups is 1. The number of ketones is 1. The highest BCUT2D eigenvalue weighted by atomic mass is 19.1. The molecule has 25 heavy (non-hydrogen) atoms. The van der Waals surface area contributed by atoms with Gasteiger partial charge in [0.25, 0.3) is 0 Å². The third-order valence-electron chi connectivity index (χ3n) is 4.22. The lowest BCUT2D eigenvalue weighted by Gasteiger charge is -2.13. The lowest BCUT2D eigenvalue weighted by atomic mass is 10.00. The van der Waals surface area contributed by atoms with Crippen LogP contribution in [0.5, 0.6) is 11.5 Å². The molecule has 2 aromatic carbocycles. The highest BCUT2D eigenvalue weighted by molar-refractivity contribution is 6.05. The highest BCUT2D eigenvalue weighted by Gasteiger charge is 2.22. The number of hydrogen-bond acceptors (Lipinski definition) is 4. The van der Waals surface area contributed by atoms with Gasteiger partial charge < -0.3 is 14.3 Å². The van der Waals surface area contributed by atoms with Gasteiger partial charge >= 0.3 is 0 Å². The number of hydrogen-bond donors (Lipinski definition) is 1. The lowest BCUT2D eigenvalue weighted by Crippen LogP contribution is -2.04. The Bertz CT molecular complexity index is 910. The van der Waals surface area contributed by atoms with E-state index in [1.54, 1.807) is 25.1 Å². The summed E-state index contributed by atoms with van der Waals surface area (Å²) in [6.07, 6.45) is 2.90. The maximum atomic E-state index is 12.9. The summed E-state index contributed by atoms with van der Waals surface area (Å²) in [5.74, 6) is -0.486. The van der Waals surface area contributed by atoms with E-state index in [1.807, 2.05) is 0 Å². The Hall–Kier alpha value is -2.82. The van der Waals surface area contributed by atoms with Crippen LogP contribution in [0.15, 0.2) is 41.0 Å². The van der Waals surface area contributed by atoms with Crippen LogP contribution in [0.2, 0.25) is 0 Å². The Morgan fingerprint density at radius 1 is 1.24 bits per heavy atom. The SMILES string of the molecule is CC(=O)c1c(O)c(OCCCc2ccc(F)cc2)c2occc2c1C. The number of fused-ring (bicyclic) bond motifs is 1. The maximum absolute atomic E-state index is 12.9. The third kappa shape index (κ3) is 3.36. The van der Waals surface area contributed by atoms with E-state index in [2.05, 4.69) is 0 Å². The van der Waals surface area contributed by atoms with Crippen LogP contribution in [-0.2, 0) is 6.42 Å². The standard InChI is InChI=1S/C20H19FO4/c1-12-16-9-11-25-19(16)20(18(23)17(12)13(2)22)24-10-3-4-14-5-7-15(21)8-6-14/h5-9,11,23H,3-4,10H2,1-2H3. The molecule has 0 bridgehead atoms. The van der Waals surface area contributed by atoms with Gasteiger partial charge in [-0.15, -0.1) is 0 Å². The molecule has 4 nitrogen and oxygen atoms in total. The second-order valence-electron chi connectivity index (χ2n) is 5.98. The first-order chi connectivity index (χ1) is 12.0. The topological polar surface area (TPSA) is 59.7 Å². The van der Waals surface area contributed by atoms with Crippen molar-refractivity contribution < 1.29 is 23.4 Å². The molecule has 0 saturated carbocycles. The Morgan fingerprint density at radius 3 is 2.64 bits per heavy atom. The number of ether oxygens (including phenoxy) is 1. The molecule has 0 amide bonds. The summed E-state index contributed by atoms with van der Waals surface area (Å²) < 4.78 is 24.1. The van der Waals surface area contributed by atoms with Gasteiger partial charge in [0.1, 0.15) is 5.82 Å². The number of furan rings is 1. The van der Waals surface area contributed by atoms with Crippen LogP contribution in [0.1, 0.15) is 34.8 Å². The first kappa shape index (κ1) is 17.0. The number of aromatic hydroxyl groups is 1. The first-order valence-electron chi connectivity index (χ1n) is 8.10. The van der Waals surface area contributed by atoms with Gasteiger partial charge in [-0.3, -0.25) is 4.79 Å². The molecular formula is C20H19FO4. The van der Waals surface area contributed by atoms with Crippen LogP contribution in [0, 0.1) is 12.7 Å². The summed E-state index contributed by atoms with van der Waals surface area (Å²) in [7, 11) is 0. The van der Waals surface area contributed by atoms with Crippen molar-refractivity contribution >= 4 is 16.8 Å².